The zero-order valence-corrected chi connectivity index (χ0v) is 27.7. The summed E-state index contributed by atoms with van der Waals surface area (Å²) < 4.78 is 12.8. The lowest BCUT2D eigenvalue weighted by atomic mass is 9.74. The number of likely N-dealkylation sites (tertiary alicyclic amines) is 1. The number of hydrogen-bond acceptors (Lipinski definition) is 7. The quantitative estimate of drug-likeness (QED) is 0.344. The van der Waals surface area contributed by atoms with E-state index in [4.69, 9.17) is 9.47 Å². The van der Waals surface area contributed by atoms with E-state index in [9.17, 15) is 24.3 Å². The van der Waals surface area contributed by atoms with Crippen molar-refractivity contribution in [2.45, 2.75) is 82.5 Å². The number of cyclic esters (lactones) is 1. The summed E-state index contributed by atoms with van der Waals surface area (Å²) in [6, 6.07) is 16.5. The molecule has 0 saturated carbocycles. The second-order valence-electron chi connectivity index (χ2n) is 13.8. The van der Waals surface area contributed by atoms with Crippen molar-refractivity contribution in [2.75, 3.05) is 13.2 Å². The molecule has 10 heteroatoms. The molecule has 254 valence electrons. The minimum atomic E-state index is -1.42. The average molecular weight is 656 g/mol. The standard InChI is InChI=1S/C38H45N3O7/c1-24(2)21-28(23-42)41-34-36(45)40(22-26-13-7-4-8-14-26)20-12-6-11-17-30(43)39-25(3)33(27-15-9-5-10-16-27)47-37(46)31-29-18-19-38(34,48-29)32(31)35(41)44/h4-10,12-16,18-19,24-25,28-29,31-34,42H,11,17,20-23H2,1-3H3,(H,39,43)/b12-6-/t25-,28-,29+,31-,32-,33+,34+,38-/m1/s1. The molecule has 0 aliphatic carbocycles. The van der Waals surface area contributed by atoms with E-state index in [0.29, 0.717) is 18.4 Å². The van der Waals surface area contributed by atoms with Crippen LogP contribution in [-0.2, 0) is 35.2 Å². The number of nitrogens with zero attached hydrogens (tertiary/aromatic N) is 2. The molecule has 5 bridgehead atoms. The van der Waals surface area contributed by atoms with E-state index in [-0.39, 0.29) is 43.8 Å². The Labute approximate surface area is 281 Å². The Bertz CT molecular complexity index is 1560. The Morgan fingerprint density at radius 1 is 0.979 bits per heavy atom. The predicted molar refractivity (Wildman–Crippen MR) is 178 cm³/mol. The van der Waals surface area contributed by atoms with Gasteiger partial charge >= 0.3 is 5.97 Å². The number of rotatable bonds is 7. The molecule has 0 unspecified atom stereocenters. The zero-order valence-electron chi connectivity index (χ0n) is 27.7. The third-order valence-electron chi connectivity index (χ3n) is 9.94. The van der Waals surface area contributed by atoms with Gasteiger partial charge in [0.1, 0.15) is 23.7 Å². The number of carbonyl (C=O) groups is 4. The lowest BCUT2D eigenvalue weighted by Crippen LogP contribution is -2.58. The van der Waals surface area contributed by atoms with Gasteiger partial charge in [0.15, 0.2) is 0 Å². The lowest BCUT2D eigenvalue weighted by Gasteiger charge is -2.39. The van der Waals surface area contributed by atoms with Gasteiger partial charge in [0.25, 0.3) is 0 Å². The number of esters is 1. The highest BCUT2D eigenvalue weighted by Crippen LogP contribution is 2.56. The maximum atomic E-state index is 14.9. The summed E-state index contributed by atoms with van der Waals surface area (Å²) >= 11 is 0. The number of benzene rings is 2. The van der Waals surface area contributed by atoms with Crippen molar-refractivity contribution < 1.29 is 33.8 Å². The Morgan fingerprint density at radius 2 is 1.69 bits per heavy atom. The van der Waals surface area contributed by atoms with Gasteiger partial charge in [-0.2, -0.15) is 0 Å². The highest BCUT2D eigenvalue weighted by atomic mass is 16.6. The van der Waals surface area contributed by atoms with Gasteiger partial charge < -0.3 is 29.7 Å². The highest BCUT2D eigenvalue weighted by Gasteiger charge is 2.74. The van der Waals surface area contributed by atoms with E-state index in [1.54, 1.807) is 24.0 Å². The Morgan fingerprint density at radius 3 is 2.38 bits per heavy atom. The highest BCUT2D eigenvalue weighted by molar-refractivity contribution is 5.99. The maximum Gasteiger partial charge on any atom is 0.313 e. The van der Waals surface area contributed by atoms with Gasteiger partial charge in [-0.25, -0.2) is 0 Å². The van der Waals surface area contributed by atoms with Crippen LogP contribution in [0.2, 0.25) is 0 Å². The van der Waals surface area contributed by atoms with E-state index in [1.807, 2.05) is 86.7 Å². The summed E-state index contributed by atoms with van der Waals surface area (Å²) in [5, 5.41) is 13.6. The van der Waals surface area contributed by atoms with Crippen molar-refractivity contribution in [3.8, 4) is 0 Å². The molecule has 2 fully saturated rings. The molecule has 0 aromatic heterocycles. The molecule has 48 heavy (non-hydrogen) atoms. The van der Waals surface area contributed by atoms with Gasteiger partial charge in [0.05, 0.1) is 30.7 Å². The minimum absolute atomic E-state index is 0.120. The van der Waals surface area contributed by atoms with Crippen LogP contribution in [0.3, 0.4) is 0 Å². The molecule has 1 spiro atoms. The van der Waals surface area contributed by atoms with Crippen LogP contribution < -0.4 is 5.32 Å². The van der Waals surface area contributed by atoms with Crippen LogP contribution >= 0.6 is 0 Å². The molecular weight excluding hydrogens is 610 g/mol. The molecule has 2 N–H and O–H groups in total. The summed E-state index contributed by atoms with van der Waals surface area (Å²) in [7, 11) is 0. The topological polar surface area (TPSA) is 125 Å². The van der Waals surface area contributed by atoms with Crippen molar-refractivity contribution in [1.82, 2.24) is 15.1 Å². The van der Waals surface area contributed by atoms with Crippen LogP contribution in [0.5, 0.6) is 0 Å². The maximum absolute atomic E-state index is 14.9. The van der Waals surface area contributed by atoms with Crippen LogP contribution in [0.25, 0.3) is 0 Å². The van der Waals surface area contributed by atoms with Gasteiger partial charge in [-0.05, 0) is 36.8 Å². The average Bonchev–Trinajstić information content (AvgIpc) is 3.72. The van der Waals surface area contributed by atoms with E-state index in [2.05, 4.69) is 5.32 Å². The van der Waals surface area contributed by atoms with Gasteiger partial charge in [-0.3, -0.25) is 19.2 Å². The molecule has 8 atom stereocenters. The van der Waals surface area contributed by atoms with Crippen molar-refractivity contribution in [3.63, 3.8) is 0 Å². The normalized spacial score (nSPS) is 31.9. The van der Waals surface area contributed by atoms with Gasteiger partial charge in [0.2, 0.25) is 17.7 Å². The Balaban J connectivity index is 1.45. The minimum Gasteiger partial charge on any atom is -0.455 e. The SMILES string of the molecule is CC(C)C[C@H](CO)N1C(=O)[C@H]2[C@@H]3C(=O)O[C@H](c4ccccc4)[C@@H](C)NC(=O)CC/C=C\CN(Cc4ccccc4)C(=O)[C@H]1[C@@]21C=C[C@@H]3O1. The predicted octanol–water partition coefficient (Wildman–Crippen LogP) is 3.71. The largest absolute Gasteiger partial charge is 0.455 e. The van der Waals surface area contributed by atoms with Crippen LogP contribution in [0.4, 0.5) is 0 Å². The molecule has 4 aliphatic heterocycles. The van der Waals surface area contributed by atoms with E-state index in [1.165, 1.54) is 4.90 Å². The van der Waals surface area contributed by atoms with E-state index < -0.39 is 59.6 Å². The van der Waals surface area contributed by atoms with E-state index >= 15 is 0 Å². The first-order valence-corrected chi connectivity index (χ1v) is 17.0. The Hall–Kier alpha value is -4.28. The monoisotopic (exact) mass is 655 g/mol. The first-order valence-electron chi connectivity index (χ1n) is 17.0. The van der Waals surface area contributed by atoms with Gasteiger partial charge in [-0.15, -0.1) is 0 Å². The molecule has 0 radical (unpaired) electrons. The fraction of sp³-hybridized carbons (Fsp3) is 0.474. The Kier molecular flexibility index (Phi) is 9.85. The summed E-state index contributed by atoms with van der Waals surface area (Å²) in [5.74, 6) is -3.50. The first kappa shape index (κ1) is 33.6. The molecule has 10 nitrogen and oxygen atoms in total. The molecule has 2 aromatic rings. The third kappa shape index (κ3) is 6.31. The summed E-state index contributed by atoms with van der Waals surface area (Å²) in [5.41, 5.74) is 0.193. The first-order chi connectivity index (χ1) is 23.1. The fourth-order valence-corrected chi connectivity index (χ4v) is 7.82. The number of allylic oxidation sites excluding steroid dienone is 1. The second-order valence-corrected chi connectivity index (χ2v) is 13.8. The molecule has 2 saturated heterocycles. The van der Waals surface area contributed by atoms with Crippen LogP contribution in [-0.4, -0.2) is 81.6 Å². The van der Waals surface area contributed by atoms with Crippen molar-refractivity contribution in [3.05, 3.63) is 96.1 Å². The van der Waals surface area contributed by atoms with Crippen molar-refractivity contribution in [2.24, 2.45) is 17.8 Å². The number of fused-ring (bicyclic) bond motifs is 2. The number of aliphatic hydroxyl groups is 1. The van der Waals surface area contributed by atoms with Crippen LogP contribution in [0.1, 0.15) is 57.3 Å². The summed E-state index contributed by atoms with van der Waals surface area (Å²) in [6.07, 6.45) is 6.80. The number of hydrogen-bond donors (Lipinski definition) is 2. The molecular formula is C38H45N3O7. The molecule has 6 rings (SSSR count). The summed E-state index contributed by atoms with van der Waals surface area (Å²) in [4.78, 5) is 60.1. The molecule has 4 heterocycles. The smallest absolute Gasteiger partial charge is 0.313 e. The number of aliphatic hydroxyl groups excluding tert-OH is 1. The zero-order chi connectivity index (χ0) is 34.0. The lowest BCUT2D eigenvalue weighted by molar-refractivity contribution is -0.162. The van der Waals surface area contributed by atoms with Crippen molar-refractivity contribution >= 4 is 23.7 Å². The molecule has 3 amide bonds. The third-order valence-corrected chi connectivity index (χ3v) is 9.94. The number of amides is 3. The van der Waals surface area contributed by atoms with Crippen LogP contribution in [0, 0.1) is 17.8 Å². The van der Waals surface area contributed by atoms with Crippen LogP contribution in [0.15, 0.2) is 85.0 Å². The molecule has 2 aromatic carbocycles. The second kappa shape index (κ2) is 14.1. The van der Waals surface area contributed by atoms with Crippen molar-refractivity contribution in [1.29, 1.82) is 0 Å². The number of ether oxygens (including phenoxy) is 2. The number of nitrogens with one attached hydrogen (secondary N) is 1. The number of carbonyl (C=O) groups excluding carboxylic acids is 4. The fourth-order valence-electron chi connectivity index (χ4n) is 7.82. The van der Waals surface area contributed by atoms with Gasteiger partial charge in [0, 0.05) is 19.5 Å². The summed E-state index contributed by atoms with van der Waals surface area (Å²) in [6.45, 7) is 5.95. The molecule has 4 aliphatic rings. The van der Waals surface area contributed by atoms with E-state index in [0.717, 1.165) is 5.56 Å². The van der Waals surface area contributed by atoms with Gasteiger partial charge in [-0.1, -0.05) is 98.8 Å².